The van der Waals surface area contributed by atoms with Gasteiger partial charge in [0.05, 0.1) is 17.9 Å². The first-order valence-electron chi connectivity index (χ1n) is 5.40. The molecule has 1 amide bonds. The van der Waals surface area contributed by atoms with E-state index >= 15 is 0 Å². The van der Waals surface area contributed by atoms with E-state index in [1.165, 1.54) is 0 Å². The standard InChI is InChI=1S/C11H19N3O/c1-11(6-3-5-9(11)13)10(15)14(2)8-4-7-12/h9H,3-6,8,13H2,1-2H3. The Morgan fingerprint density at radius 3 is 2.87 bits per heavy atom. The molecule has 2 N–H and O–H groups in total. The minimum Gasteiger partial charge on any atom is -0.344 e. The average Bonchev–Trinajstić information content (AvgIpc) is 2.56. The maximum Gasteiger partial charge on any atom is 0.229 e. The molecule has 0 heterocycles. The van der Waals surface area contributed by atoms with Gasteiger partial charge < -0.3 is 10.6 Å². The van der Waals surface area contributed by atoms with Crippen LogP contribution in [0.5, 0.6) is 0 Å². The van der Waals surface area contributed by atoms with Gasteiger partial charge in [-0.25, -0.2) is 0 Å². The molecule has 0 saturated heterocycles. The summed E-state index contributed by atoms with van der Waals surface area (Å²) in [5.41, 5.74) is 5.56. The van der Waals surface area contributed by atoms with Crippen molar-refractivity contribution in [3.05, 3.63) is 0 Å². The summed E-state index contributed by atoms with van der Waals surface area (Å²) in [5.74, 6) is 0.0859. The predicted octanol–water partition coefficient (Wildman–Crippen LogP) is 0.876. The summed E-state index contributed by atoms with van der Waals surface area (Å²) in [5, 5.41) is 8.47. The van der Waals surface area contributed by atoms with E-state index in [1.807, 2.05) is 13.0 Å². The Morgan fingerprint density at radius 2 is 2.40 bits per heavy atom. The van der Waals surface area contributed by atoms with Gasteiger partial charge in [-0.3, -0.25) is 4.79 Å². The second-order valence-corrected chi connectivity index (χ2v) is 4.55. The number of hydrogen-bond acceptors (Lipinski definition) is 3. The van der Waals surface area contributed by atoms with Crippen LogP contribution in [0.3, 0.4) is 0 Å². The molecule has 1 aliphatic carbocycles. The molecular formula is C11H19N3O. The van der Waals surface area contributed by atoms with Gasteiger partial charge in [0.15, 0.2) is 0 Å². The second kappa shape index (κ2) is 4.63. The molecule has 15 heavy (non-hydrogen) atoms. The first-order valence-corrected chi connectivity index (χ1v) is 5.40. The number of carbonyl (C=O) groups is 1. The Balaban J connectivity index is 2.63. The van der Waals surface area contributed by atoms with E-state index in [1.54, 1.807) is 11.9 Å². The summed E-state index contributed by atoms with van der Waals surface area (Å²) in [4.78, 5) is 13.8. The number of carbonyl (C=O) groups excluding carboxylic acids is 1. The number of hydrogen-bond donors (Lipinski definition) is 1. The lowest BCUT2D eigenvalue weighted by Gasteiger charge is -2.32. The molecule has 0 aromatic carbocycles. The van der Waals surface area contributed by atoms with Crippen molar-refractivity contribution < 1.29 is 4.79 Å². The summed E-state index contributed by atoms with van der Waals surface area (Å²) in [6.45, 7) is 2.44. The van der Waals surface area contributed by atoms with Gasteiger partial charge in [-0.05, 0) is 19.8 Å². The first-order chi connectivity index (χ1) is 7.02. The predicted molar refractivity (Wildman–Crippen MR) is 57.8 cm³/mol. The van der Waals surface area contributed by atoms with Crippen LogP contribution in [0.2, 0.25) is 0 Å². The van der Waals surface area contributed by atoms with Crippen molar-refractivity contribution >= 4 is 5.91 Å². The lowest BCUT2D eigenvalue weighted by atomic mass is 9.83. The van der Waals surface area contributed by atoms with Crippen LogP contribution in [0.4, 0.5) is 0 Å². The smallest absolute Gasteiger partial charge is 0.229 e. The number of nitriles is 1. The van der Waals surface area contributed by atoms with Gasteiger partial charge in [0.2, 0.25) is 5.91 Å². The van der Waals surface area contributed by atoms with E-state index in [0.717, 1.165) is 19.3 Å². The number of nitrogens with zero attached hydrogens (tertiary/aromatic N) is 2. The minimum absolute atomic E-state index is 0.0328. The van der Waals surface area contributed by atoms with Crippen LogP contribution in [0, 0.1) is 16.7 Å². The van der Waals surface area contributed by atoms with E-state index < -0.39 is 5.41 Å². The third kappa shape index (κ3) is 2.29. The van der Waals surface area contributed by atoms with Crippen molar-refractivity contribution in [2.24, 2.45) is 11.1 Å². The summed E-state index contributed by atoms with van der Waals surface area (Å²) in [6.07, 6.45) is 3.20. The molecule has 2 unspecified atom stereocenters. The maximum atomic E-state index is 12.1. The van der Waals surface area contributed by atoms with Gasteiger partial charge in [0, 0.05) is 19.6 Å². The Labute approximate surface area is 91.0 Å². The third-order valence-electron chi connectivity index (χ3n) is 3.42. The molecule has 2 atom stereocenters. The van der Waals surface area contributed by atoms with Gasteiger partial charge in [-0.15, -0.1) is 0 Å². The van der Waals surface area contributed by atoms with Crippen LogP contribution >= 0.6 is 0 Å². The molecular weight excluding hydrogens is 190 g/mol. The molecule has 1 saturated carbocycles. The Bertz CT molecular complexity index is 284. The molecule has 4 heteroatoms. The van der Waals surface area contributed by atoms with Crippen molar-refractivity contribution in [3.8, 4) is 6.07 Å². The molecule has 1 fully saturated rings. The SMILES string of the molecule is CN(CCC#N)C(=O)C1(C)CCCC1N. The maximum absolute atomic E-state index is 12.1. The van der Waals surface area contributed by atoms with E-state index in [9.17, 15) is 4.79 Å². The quantitative estimate of drug-likeness (QED) is 0.750. The van der Waals surface area contributed by atoms with Crippen molar-refractivity contribution in [1.29, 1.82) is 5.26 Å². The zero-order valence-corrected chi connectivity index (χ0v) is 9.49. The first kappa shape index (κ1) is 12.0. The highest BCUT2D eigenvalue weighted by atomic mass is 16.2. The van der Waals surface area contributed by atoms with Crippen LogP contribution in [-0.4, -0.2) is 30.4 Å². The van der Waals surface area contributed by atoms with Crippen LogP contribution in [-0.2, 0) is 4.79 Å². The zero-order chi connectivity index (χ0) is 11.5. The van der Waals surface area contributed by atoms with E-state index in [0.29, 0.717) is 13.0 Å². The monoisotopic (exact) mass is 209 g/mol. The normalized spacial score (nSPS) is 29.9. The molecule has 84 valence electrons. The molecule has 0 aliphatic heterocycles. The molecule has 0 spiro atoms. The summed E-state index contributed by atoms with van der Waals surface area (Å²) in [6, 6.07) is 2.01. The third-order valence-corrected chi connectivity index (χ3v) is 3.42. The average molecular weight is 209 g/mol. The van der Waals surface area contributed by atoms with Gasteiger partial charge in [-0.2, -0.15) is 5.26 Å². The molecule has 4 nitrogen and oxygen atoms in total. The summed E-state index contributed by atoms with van der Waals surface area (Å²) >= 11 is 0. The topological polar surface area (TPSA) is 70.1 Å². The number of nitrogens with two attached hydrogens (primary N) is 1. The van der Waals surface area contributed by atoms with Crippen LogP contribution < -0.4 is 5.73 Å². The van der Waals surface area contributed by atoms with Crippen molar-refractivity contribution in [1.82, 2.24) is 4.90 Å². The fraction of sp³-hybridized carbons (Fsp3) is 0.818. The molecule has 0 radical (unpaired) electrons. The highest BCUT2D eigenvalue weighted by molar-refractivity contribution is 5.83. The molecule has 0 aromatic rings. The van der Waals surface area contributed by atoms with Gasteiger partial charge in [0.1, 0.15) is 0 Å². The van der Waals surface area contributed by atoms with Crippen molar-refractivity contribution in [2.75, 3.05) is 13.6 Å². The summed E-state index contributed by atoms with van der Waals surface area (Å²) in [7, 11) is 1.75. The zero-order valence-electron chi connectivity index (χ0n) is 9.49. The van der Waals surface area contributed by atoms with E-state index in [4.69, 9.17) is 11.0 Å². The number of amides is 1. The van der Waals surface area contributed by atoms with Gasteiger partial charge >= 0.3 is 0 Å². The van der Waals surface area contributed by atoms with Gasteiger partial charge in [-0.1, -0.05) is 6.42 Å². The Kier molecular flexibility index (Phi) is 3.70. The molecule has 0 aromatic heterocycles. The fourth-order valence-electron chi connectivity index (χ4n) is 2.21. The minimum atomic E-state index is -0.412. The van der Waals surface area contributed by atoms with Crippen molar-refractivity contribution in [2.45, 2.75) is 38.6 Å². The molecule has 1 rings (SSSR count). The van der Waals surface area contributed by atoms with Crippen molar-refractivity contribution in [3.63, 3.8) is 0 Å². The largest absolute Gasteiger partial charge is 0.344 e. The van der Waals surface area contributed by atoms with Crippen LogP contribution in [0.25, 0.3) is 0 Å². The highest BCUT2D eigenvalue weighted by Crippen LogP contribution is 2.38. The lowest BCUT2D eigenvalue weighted by molar-refractivity contribution is -0.140. The highest BCUT2D eigenvalue weighted by Gasteiger charge is 2.44. The summed E-state index contributed by atoms with van der Waals surface area (Å²) < 4.78 is 0. The Morgan fingerprint density at radius 1 is 1.73 bits per heavy atom. The number of rotatable bonds is 3. The van der Waals surface area contributed by atoms with Crippen LogP contribution in [0.15, 0.2) is 0 Å². The van der Waals surface area contributed by atoms with Gasteiger partial charge in [0.25, 0.3) is 0 Å². The fourth-order valence-corrected chi connectivity index (χ4v) is 2.21. The Hall–Kier alpha value is -1.08. The van der Waals surface area contributed by atoms with E-state index in [2.05, 4.69) is 0 Å². The van der Waals surface area contributed by atoms with Crippen LogP contribution in [0.1, 0.15) is 32.6 Å². The van der Waals surface area contributed by atoms with E-state index in [-0.39, 0.29) is 11.9 Å². The molecule has 0 bridgehead atoms. The molecule has 1 aliphatic rings. The lowest BCUT2D eigenvalue weighted by Crippen LogP contribution is -2.48. The second-order valence-electron chi connectivity index (χ2n) is 4.55.